The third kappa shape index (κ3) is 4.86. The third-order valence-corrected chi connectivity index (χ3v) is 2.95. The van der Waals surface area contributed by atoms with Crippen LogP contribution in [0.5, 0.6) is 0 Å². The number of nitrogens with zero attached hydrogens (tertiary/aromatic N) is 2. The number of likely N-dealkylation sites (N-methyl/N-ethyl adjacent to an activating group) is 1. The number of hydrazine groups is 1. The largest absolute Gasteiger partial charge is 0.416 e. The Morgan fingerprint density at radius 2 is 1.90 bits per heavy atom. The lowest BCUT2D eigenvalue weighted by atomic mass is 10.2. The van der Waals surface area contributed by atoms with Gasteiger partial charge in [0.2, 0.25) is 0 Å². The molecule has 1 aromatic heterocycles. The van der Waals surface area contributed by atoms with Gasteiger partial charge in [-0.2, -0.15) is 13.2 Å². The van der Waals surface area contributed by atoms with Gasteiger partial charge in [-0.15, -0.1) is 0 Å². The average molecular weight is 291 g/mol. The molecule has 4 N–H and O–H groups in total. The number of hydrogen-bond acceptors (Lipinski definition) is 5. The van der Waals surface area contributed by atoms with Crippen LogP contribution in [0.15, 0.2) is 12.1 Å². The van der Waals surface area contributed by atoms with E-state index >= 15 is 0 Å². The van der Waals surface area contributed by atoms with E-state index in [0.29, 0.717) is 19.1 Å². The Kier molecular flexibility index (Phi) is 5.58. The molecule has 1 rings (SSSR count). The summed E-state index contributed by atoms with van der Waals surface area (Å²) in [5, 5.41) is 2.87. The lowest BCUT2D eigenvalue weighted by Gasteiger charge is -2.21. The van der Waals surface area contributed by atoms with Gasteiger partial charge in [-0.1, -0.05) is 0 Å². The van der Waals surface area contributed by atoms with Crippen LogP contribution in [-0.4, -0.2) is 36.1 Å². The van der Waals surface area contributed by atoms with Gasteiger partial charge in [0, 0.05) is 19.1 Å². The number of nitrogen functional groups attached to an aromatic ring is 1. The molecule has 0 amide bonds. The van der Waals surface area contributed by atoms with Crippen LogP contribution in [0.2, 0.25) is 0 Å². The zero-order valence-corrected chi connectivity index (χ0v) is 11.8. The Morgan fingerprint density at radius 3 is 2.40 bits per heavy atom. The Bertz CT molecular complexity index is 434. The Balaban J connectivity index is 2.75. The highest BCUT2D eigenvalue weighted by Gasteiger charge is 2.31. The van der Waals surface area contributed by atoms with Crippen molar-refractivity contribution in [1.82, 2.24) is 9.88 Å². The number of alkyl halides is 3. The molecule has 0 aliphatic rings. The van der Waals surface area contributed by atoms with Gasteiger partial charge in [-0.3, -0.25) is 0 Å². The minimum absolute atomic E-state index is 0.0282. The van der Waals surface area contributed by atoms with Crippen molar-refractivity contribution in [2.75, 3.05) is 30.9 Å². The molecule has 0 spiro atoms. The molecule has 0 aliphatic heterocycles. The van der Waals surface area contributed by atoms with E-state index in [2.05, 4.69) is 20.6 Å². The van der Waals surface area contributed by atoms with Crippen LogP contribution >= 0.6 is 0 Å². The fourth-order valence-corrected chi connectivity index (χ4v) is 1.48. The summed E-state index contributed by atoms with van der Waals surface area (Å²) in [4.78, 5) is 6.01. The lowest BCUT2D eigenvalue weighted by Crippen LogP contribution is -2.31. The van der Waals surface area contributed by atoms with Gasteiger partial charge < -0.3 is 15.6 Å². The van der Waals surface area contributed by atoms with E-state index in [1.165, 1.54) is 0 Å². The average Bonchev–Trinajstić information content (AvgIpc) is 2.37. The summed E-state index contributed by atoms with van der Waals surface area (Å²) in [6.45, 7) is 5.27. The maximum atomic E-state index is 12.7. The van der Waals surface area contributed by atoms with Crippen molar-refractivity contribution in [3.8, 4) is 0 Å². The predicted octanol–water partition coefficient (Wildman–Crippen LogP) is 2.14. The maximum Gasteiger partial charge on any atom is 0.416 e. The van der Waals surface area contributed by atoms with E-state index in [4.69, 9.17) is 5.84 Å². The topological polar surface area (TPSA) is 66.2 Å². The van der Waals surface area contributed by atoms with E-state index in [0.717, 1.165) is 12.1 Å². The van der Waals surface area contributed by atoms with Crippen LogP contribution in [0.25, 0.3) is 0 Å². The standard InChI is InChI=1S/C12H20F3N5/c1-8(2)20(3)5-4-17-10-6-9(12(13,14)15)7-11(18-10)19-16/h6-8H,4-5,16H2,1-3H3,(H2,17,18,19). The molecule has 20 heavy (non-hydrogen) atoms. The monoisotopic (exact) mass is 291 g/mol. The second-order valence-electron chi connectivity index (χ2n) is 4.77. The predicted molar refractivity (Wildman–Crippen MR) is 73.3 cm³/mol. The summed E-state index contributed by atoms with van der Waals surface area (Å²) < 4.78 is 38.1. The number of rotatable bonds is 6. The van der Waals surface area contributed by atoms with Crippen LogP contribution in [0.4, 0.5) is 24.8 Å². The molecular weight excluding hydrogens is 271 g/mol. The number of halogens is 3. The molecule has 0 bridgehead atoms. The first kappa shape index (κ1) is 16.5. The first-order valence-electron chi connectivity index (χ1n) is 6.24. The first-order chi connectivity index (χ1) is 9.24. The van der Waals surface area contributed by atoms with E-state index in [1.807, 2.05) is 20.9 Å². The summed E-state index contributed by atoms with van der Waals surface area (Å²) >= 11 is 0. The highest BCUT2D eigenvalue weighted by molar-refractivity contribution is 5.49. The Labute approximate surface area is 116 Å². The second-order valence-corrected chi connectivity index (χ2v) is 4.77. The number of nitrogens with two attached hydrogens (primary N) is 1. The zero-order valence-electron chi connectivity index (χ0n) is 11.8. The molecule has 0 saturated carbocycles. The van der Waals surface area contributed by atoms with E-state index in [9.17, 15) is 13.2 Å². The zero-order chi connectivity index (χ0) is 15.3. The Morgan fingerprint density at radius 1 is 1.30 bits per heavy atom. The summed E-state index contributed by atoms with van der Waals surface area (Å²) in [7, 11) is 1.94. The maximum absolute atomic E-state index is 12.7. The van der Waals surface area contributed by atoms with Crippen LogP contribution in [-0.2, 0) is 6.18 Å². The van der Waals surface area contributed by atoms with Gasteiger partial charge in [0.1, 0.15) is 11.6 Å². The SMILES string of the molecule is CC(C)N(C)CCNc1cc(C(F)(F)F)cc(NN)n1. The lowest BCUT2D eigenvalue weighted by molar-refractivity contribution is -0.137. The molecule has 0 radical (unpaired) electrons. The fraction of sp³-hybridized carbons (Fsp3) is 0.583. The van der Waals surface area contributed by atoms with Gasteiger partial charge >= 0.3 is 6.18 Å². The molecular formula is C12H20F3N5. The van der Waals surface area contributed by atoms with Crippen molar-refractivity contribution >= 4 is 11.6 Å². The molecule has 114 valence electrons. The van der Waals surface area contributed by atoms with Crippen molar-refractivity contribution in [2.24, 2.45) is 5.84 Å². The number of aromatic nitrogens is 1. The van der Waals surface area contributed by atoms with E-state index < -0.39 is 11.7 Å². The molecule has 0 atom stereocenters. The summed E-state index contributed by atoms with van der Waals surface area (Å²) in [5.41, 5.74) is 1.34. The minimum Gasteiger partial charge on any atom is -0.369 e. The van der Waals surface area contributed by atoms with Crippen LogP contribution < -0.4 is 16.6 Å². The molecule has 1 aromatic rings. The molecule has 0 unspecified atom stereocenters. The quantitative estimate of drug-likeness (QED) is 0.553. The Hall–Kier alpha value is -1.54. The molecule has 0 fully saturated rings. The van der Waals surface area contributed by atoms with Crippen molar-refractivity contribution in [3.63, 3.8) is 0 Å². The first-order valence-corrected chi connectivity index (χ1v) is 6.24. The van der Waals surface area contributed by atoms with Gasteiger partial charge in [0.05, 0.1) is 5.56 Å². The summed E-state index contributed by atoms with van der Waals surface area (Å²) in [5.74, 6) is 5.25. The second kappa shape index (κ2) is 6.76. The molecule has 8 heteroatoms. The van der Waals surface area contributed by atoms with E-state index in [1.54, 1.807) is 0 Å². The van der Waals surface area contributed by atoms with Crippen LogP contribution in [0.1, 0.15) is 19.4 Å². The van der Waals surface area contributed by atoms with Crippen molar-refractivity contribution in [3.05, 3.63) is 17.7 Å². The highest BCUT2D eigenvalue weighted by Crippen LogP contribution is 2.31. The summed E-state index contributed by atoms with van der Waals surface area (Å²) in [6, 6.07) is 2.20. The normalized spacial score (nSPS) is 12.1. The van der Waals surface area contributed by atoms with Crippen LogP contribution in [0, 0.1) is 0 Å². The van der Waals surface area contributed by atoms with Crippen molar-refractivity contribution < 1.29 is 13.2 Å². The number of pyridine rings is 1. The highest BCUT2D eigenvalue weighted by atomic mass is 19.4. The molecule has 0 saturated heterocycles. The van der Waals surface area contributed by atoms with Gasteiger partial charge in [0.15, 0.2) is 0 Å². The van der Waals surface area contributed by atoms with Crippen molar-refractivity contribution in [2.45, 2.75) is 26.1 Å². The van der Waals surface area contributed by atoms with Gasteiger partial charge in [-0.25, -0.2) is 10.8 Å². The number of anilines is 2. The third-order valence-electron chi connectivity index (χ3n) is 2.95. The fourth-order valence-electron chi connectivity index (χ4n) is 1.48. The minimum atomic E-state index is -4.43. The number of nitrogens with one attached hydrogen (secondary N) is 2. The molecule has 0 aliphatic carbocycles. The smallest absolute Gasteiger partial charge is 0.369 e. The molecule has 1 heterocycles. The number of hydrogen-bond donors (Lipinski definition) is 3. The van der Waals surface area contributed by atoms with Crippen LogP contribution in [0.3, 0.4) is 0 Å². The summed E-state index contributed by atoms with van der Waals surface area (Å²) in [6.07, 6.45) is -4.43. The van der Waals surface area contributed by atoms with Gasteiger partial charge in [-0.05, 0) is 33.0 Å². The van der Waals surface area contributed by atoms with Crippen molar-refractivity contribution in [1.29, 1.82) is 0 Å². The molecule has 0 aromatic carbocycles. The van der Waals surface area contributed by atoms with E-state index in [-0.39, 0.29) is 11.6 Å². The molecule has 5 nitrogen and oxygen atoms in total. The van der Waals surface area contributed by atoms with Gasteiger partial charge in [0.25, 0.3) is 0 Å².